The van der Waals surface area contributed by atoms with Gasteiger partial charge in [0.1, 0.15) is 0 Å². The standard InChI is InChI=1S/C21H24F3N3/c1-16-3-6-19(17(2)13-16)15-26-9-11-27(12-10-26)25-14-18-4-7-20(8-5-18)21(22,23)24/h3-8,13-14H,9-12,15H2,1-2H3/b25-14+. The van der Waals surface area contributed by atoms with E-state index in [4.69, 9.17) is 0 Å². The molecular formula is C21H24F3N3. The monoisotopic (exact) mass is 375 g/mol. The summed E-state index contributed by atoms with van der Waals surface area (Å²) in [5.74, 6) is 0. The molecule has 0 saturated carbocycles. The first-order valence-corrected chi connectivity index (χ1v) is 9.06. The Hall–Kier alpha value is -2.34. The Morgan fingerprint density at radius 1 is 0.963 bits per heavy atom. The van der Waals surface area contributed by atoms with Gasteiger partial charge in [-0.1, -0.05) is 35.9 Å². The molecule has 144 valence electrons. The van der Waals surface area contributed by atoms with Crippen molar-refractivity contribution < 1.29 is 13.2 Å². The second kappa shape index (κ2) is 8.13. The molecule has 3 rings (SSSR count). The van der Waals surface area contributed by atoms with Crippen LogP contribution in [0.15, 0.2) is 47.6 Å². The van der Waals surface area contributed by atoms with E-state index in [-0.39, 0.29) is 0 Å². The van der Waals surface area contributed by atoms with Gasteiger partial charge in [0, 0.05) is 32.7 Å². The van der Waals surface area contributed by atoms with Gasteiger partial charge in [-0.15, -0.1) is 0 Å². The highest BCUT2D eigenvalue weighted by Crippen LogP contribution is 2.28. The van der Waals surface area contributed by atoms with Crippen LogP contribution in [0.4, 0.5) is 13.2 Å². The fourth-order valence-corrected chi connectivity index (χ4v) is 3.18. The van der Waals surface area contributed by atoms with Crippen molar-refractivity contribution in [3.05, 3.63) is 70.3 Å². The molecule has 6 heteroatoms. The summed E-state index contributed by atoms with van der Waals surface area (Å²) in [4.78, 5) is 2.40. The summed E-state index contributed by atoms with van der Waals surface area (Å²) in [7, 11) is 0. The minimum atomic E-state index is -4.30. The van der Waals surface area contributed by atoms with Crippen molar-refractivity contribution in [2.24, 2.45) is 5.10 Å². The molecule has 0 N–H and O–H groups in total. The lowest BCUT2D eigenvalue weighted by atomic mass is 10.1. The highest BCUT2D eigenvalue weighted by Gasteiger charge is 2.29. The smallest absolute Gasteiger partial charge is 0.295 e. The fraction of sp³-hybridized carbons (Fsp3) is 0.381. The van der Waals surface area contributed by atoms with Crippen molar-refractivity contribution in [1.82, 2.24) is 9.91 Å². The third-order valence-corrected chi connectivity index (χ3v) is 4.85. The zero-order valence-electron chi connectivity index (χ0n) is 15.6. The number of alkyl halides is 3. The highest BCUT2D eigenvalue weighted by molar-refractivity contribution is 5.79. The maximum absolute atomic E-state index is 12.6. The molecule has 1 aliphatic heterocycles. The third-order valence-electron chi connectivity index (χ3n) is 4.85. The third kappa shape index (κ3) is 5.32. The Morgan fingerprint density at radius 3 is 2.22 bits per heavy atom. The molecule has 1 fully saturated rings. The molecule has 0 radical (unpaired) electrons. The first-order chi connectivity index (χ1) is 12.8. The Bertz CT molecular complexity index is 789. The zero-order chi connectivity index (χ0) is 19.4. The van der Waals surface area contributed by atoms with Crippen LogP contribution in [0, 0.1) is 13.8 Å². The van der Waals surface area contributed by atoms with Crippen molar-refractivity contribution >= 4 is 6.21 Å². The summed E-state index contributed by atoms with van der Waals surface area (Å²) in [6.07, 6.45) is -2.68. The molecule has 27 heavy (non-hydrogen) atoms. The molecule has 3 nitrogen and oxygen atoms in total. The number of hydrazone groups is 1. The van der Waals surface area contributed by atoms with Crippen molar-refractivity contribution in [2.75, 3.05) is 26.2 Å². The summed E-state index contributed by atoms with van der Waals surface area (Å²) >= 11 is 0. The van der Waals surface area contributed by atoms with Crippen molar-refractivity contribution in [3.63, 3.8) is 0 Å². The highest BCUT2D eigenvalue weighted by atomic mass is 19.4. The average molecular weight is 375 g/mol. The lowest BCUT2D eigenvalue weighted by Crippen LogP contribution is -2.43. The van der Waals surface area contributed by atoms with Gasteiger partial charge in [0.2, 0.25) is 0 Å². The molecule has 1 aliphatic rings. The van der Waals surface area contributed by atoms with Gasteiger partial charge in [0.05, 0.1) is 11.8 Å². The summed E-state index contributed by atoms with van der Waals surface area (Å²) in [6.45, 7) is 8.62. The molecular weight excluding hydrogens is 351 g/mol. The minimum Gasteiger partial charge on any atom is -0.295 e. The first-order valence-electron chi connectivity index (χ1n) is 9.06. The Morgan fingerprint density at radius 2 is 1.63 bits per heavy atom. The molecule has 0 unspecified atom stereocenters. The molecule has 1 heterocycles. The maximum Gasteiger partial charge on any atom is 0.416 e. The van der Waals surface area contributed by atoms with Gasteiger partial charge in [-0.05, 0) is 42.7 Å². The number of halogens is 3. The number of aryl methyl sites for hydroxylation is 2. The van der Waals surface area contributed by atoms with E-state index in [2.05, 4.69) is 42.0 Å². The van der Waals surface area contributed by atoms with Gasteiger partial charge < -0.3 is 0 Å². The SMILES string of the molecule is Cc1ccc(CN2CCN(/N=C/c3ccc(C(F)(F)F)cc3)CC2)c(C)c1. The molecule has 0 aromatic heterocycles. The molecule has 2 aromatic rings. The minimum absolute atomic E-state index is 0.639. The van der Waals surface area contributed by atoms with Crippen LogP contribution < -0.4 is 0 Å². The van der Waals surface area contributed by atoms with Crippen LogP contribution in [0.5, 0.6) is 0 Å². The lowest BCUT2D eigenvalue weighted by molar-refractivity contribution is -0.137. The Labute approximate surface area is 158 Å². The van der Waals surface area contributed by atoms with Crippen LogP contribution in [0.3, 0.4) is 0 Å². The van der Waals surface area contributed by atoms with Crippen LogP contribution in [-0.4, -0.2) is 42.3 Å². The molecule has 0 aliphatic carbocycles. The Kier molecular flexibility index (Phi) is 5.85. The van der Waals surface area contributed by atoms with E-state index in [0.29, 0.717) is 5.56 Å². The molecule has 0 spiro atoms. The fourth-order valence-electron chi connectivity index (χ4n) is 3.18. The summed E-state index contributed by atoms with van der Waals surface area (Å²) in [6, 6.07) is 11.6. The van der Waals surface area contributed by atoms with E-state index < -0.39 is 11.7 Å². The molecule has 2 aromatic carbocycles. The van der Waals surface area contributed by atoms with E-state index in [0.717, 1.165) is 44.9 Å². The van der Waals surface area contributed by atoms with Gasteiger partial charge in [0.15, 0.2) is 0 Å². The zero-order valence-corrected chi connectivity index (χ0v) is 15.6. The van der Waals surface area contributed by atoms with Crippen LogP contribution in [0.25, 0.3) is 0 Å². The second-order valence-corrected chi connectivity index (χ2v) is 7.02. The van der Waals surface area contributed by atoms with E-state index in [9.17, 15) is 13.2 Å². The number of piperazine rings is 1. The van der Waals surface area contributed by atoms with E-state index >= 15 is 0 Å². The maximum atomic E-state index is 12.6. The van der Waals surface area contributed by atoms with Crippen LogP contribution in [0.2, 0.25) is 0 Å². The van der Waals surface area contributed by atoms with Gasteiger partial charge in [-0.2, -0.15) is 18.3 Å². The normalized spacial score (nSPS) is 16.3. The number of hydrogen-bond acceptors (Lipinski definition) is 3. The number of nitrogens with zero attached hydrogens (tertiary/aromatic N) is 3. The van der Waals surface area contributed by atoms with Crippen LogP contribution in [0.1, 0.15) is 27.8 Å². The predicted molar refractivity (Wildman–Crippen MR) is 102 cm³/mol. The van der Waals surface area contributed by atoms with E-state index in [1.54, 1.807) is 6.21 Å². The van der Waals surface area contributed by atoms with Gasteiger partial charge in [-0.3, -0.25) is 9.91 Å². The summed E-state index contributed by atoms with van der Waals surface area (Å²) < 4.78 is 37.8. The second-order valence-electron chi connectivity index (χ2n) is 7.02. The number of hydrogen-bond donors (Lipinski definition) is 0. The number of rotatable bonds is 4. The average Bonchev–Trinajstić information content (AvgIpc) is 2.63. The Balaban J connectivity index is 1.51. The van der Waals surface area contributed by atoms with Crippen LogP contribution in [-0.2, 0) is 12.7 Å². The van der Waals surface area contributed by atoms with Crippen molar-refractivity contribution in [3.8, 4) is 0 Å². The van der Waals surface area contributed by atoms with Crippen molar-refractivity contribution in [2.45, 2.75) is 26.6 Å². The topological polar surface area (TPSA) is 18.8 Å². The molecule has 0 bridgehead atoms. The first kappa shape index (κ1) is 19.4. The van der Waals surface area contributed by atoms with E-state index in [1.165, 1.54) is 28.8 Å². The van der Waals surface area contributed by atoms with E-state index in [1.807, 2.05) is 5.01 Å². The summed E-state index contributed by atoms with van der Waals surface area (Å²) in [5.41, 5.74) is 3.97. The molecule has 1 saturated heterocycles. The number of benzene rings is 2. The predicted octanol–water partition coefficient (Wildman–Crippen LogP) is 4.47. The quantitative estimate of drug-likeness (QED) is 0.734. The lowest BCUT2D eigenvalue weighted by Gasteiger charge is -2.33. The molecule has 0 atom stereocenters. The molecule has 0 amide bonds. The van der Waals surface area contributed by atoms with Gasteiger partial charge >= 0.3 is 6.18 Å². The largest absolute Gasteiger partial charge is 0.416 e. The van der Waals surface area contributed by atoms with Crippen LogP contribution >= 0.6 is 0 Å². The van der Waals surface area contributed by atoms with Gasteiger partial charge in [-0.25, -0.2) is 0 Å². The summed E-state index contributed by atoms with van der Waals surface area (Å²) in [5, 5.41) is 6.38. The van der Waals surface area contributed by atoms with Crippen molar-refractivity contribution in [1.29, 1.82) is 0 Å². The van der Waals surface area contributed by atoms with Gasteiger partial charge in [0.25, 0.3) is 0 Å².